The molecule has 0 aromatic heterocycles. The van der Waals surface area contributed by atoms with Gasteiger partial charge in [0.25, 0.3) is 5.91 Å². The number of nitrogens with zero attached hydrogens (tertiary/aromatic N) is 1. The summed E-state index contributed by atoms with van der Waals surface area (Å²) in [5.74, 6) is 0.772. The van der Waals surface area contributed by atoms with Gasteiger partial charge in [-0.3, -0.25) is 4.79 Å². The van der Waals surface area contributed by atoms with Crippen LogP contribution in [0.15, 0.2) is 22.7 Å². The van der Waals surface area contributed by atoms with Crippen molar-refractivity contribution in [3.8, 4) is 5.75 Å². The number of benzene rings is 1. The predicted molar refractivity (Wildman–Crippen MR) is 78.7 cm³/mol. The number of hydrogen-bond acceptors (Lipinski definition) is 3. The molecule has 1 saturated heterocycles. The van der Waals surface area contributed by atoms with E-state index in [1.54, 1.807) is 13.2 Å². The van der Waals surface area contributed by atoms with Crippen LogP contribution in [0.25, 0.3) is 0 Å². The summed E-state index contributed by atoms with van der Waals surface area (Å²) in [5, 5.41) is 3.21. The molecule has 1 heterocycles. The molecule has 104 valence electrons. The summed E-state index contributed by atoms with van der Waals surface area (Å²) >= 11 is 3.45. The van der Waals surface area contributed by atoms with Crippen molar-refractivity contribution in [1.29, 1.82) is 0 Å². The van der Waals surface area contributed by atoms with Crippen molar-refractivity contribution < 1.29 is 9.53 Å². The molecule has 0 spiro atoms. The molecule has 4 nitrogen and oxygen atoms in total. The monoisotopic (exact) mass is 326 g/mol. The molecule has 1 aliphatic rings. The molecule has 5 heteroatoms. The van der Waals surface area contributed by atoms with Crippen molar-refractivity contribution in [2.45, 2.75) is 19.4 Å². The Balaban J connectivity index is 2.24. The van der Waals surface area contributed by atoms with Crippen molar-refractivity contribution in [2.75, 3.05) is 26.7 Å². The third-order valence-electron chi connectivity index (χ3n) is 3.33. The van der Waals surface area contributed by atoms with E-state index < -0.39 is 0 Å². The van der Waals surface area contributed by atoms with Crippen molar-refractivity contribution >= 4 is 21.8 Å². The highest BCUT2D eigenvalue weighted by molar-refractivity contribution is 9.10. The molecule has 2 rings (SSSR count). The van der Waals surface area contributed by atoms with Crippen LogP contribution in [0, 0.1) is 0 Å². The Labute approximate surface area is 122 Å². The van der Waals surface area contributed by atoms with E-state index in [-0.39, 0.29) is 5.91 Å². The molecule has 0 radical (unpaired) electrons. The van der Waals surface area contributed by atoms with Gasteiger partial charge < -0.3 is 15.0 Å². The van der Waals surface area contributed by atoms with Gasteiger partial charge in [-0.15, -0.1) is 0 Å². The lowest BCUT2D eigenvalue weighted by Gasteiger charge is -2.38. The van der Waals surface area contributed by atoms with Gasteiger partial charge in [-0.25, -0.2) is 0 Å². The molecule has 1 aromatic carbocycles. The van der Waals surface area contributed by atoms with Gasteiger partial charge in [-0.1, -0.05) is 6.92 Å². The van der Waals surface area contributed by atoms with E-state index in [9.17, 15) is 4.79 Å². The summed E-state index contributed by atoms with van der Waals surface area (Å²) in [6, 6.07) is 5.80. The van der Waals surface area contributed by atoms with Gasteiger partial charge in [0, 0.05) is 24.1 Å². The van der Waals surface area contributed by atoms with Crippen LogP contribution in [-0.2, 0) is 0 Å². The zero-order valence-corrected chi connectivity index (χ0v) is 12.9. The fourth-order valence-corrected chi connectivity index (χ4v) is 2.55. The van der Waals surface area contributed by atoms with Crippen LogP contribution in [0.4, 0.5) is 0 Å². The number of rotatable bonds is 5. The average Bonchev–Trinajstić information content (AvgIpc) is 2.36. The van der Waals surface area contributed by atoms with Gasteiger partial charge in [0.15, 0.2) is 0 Å². The molecular weight excluding hydrogens is 308 g/mol. The smallest absolute Gasteiger partial charge is 0.255 e. The topological polar surface area (TPSA) is 41.6 Å². The second-order valence-corrected chi connectivity index (χ2v) is 5.51. The van der Waals surface area contributed by atoms with Gasteiger partial charge in [-0.05, 0) is 40.5 Å². The van der Waals surface area contributed by atoms with Gasteiger partial charge in [0.2, 0.25) is 0 Å². The van der Waals surface area contributed by atoms with Crippen molar-refractivity contribution in [3.63, 3.8) is 0 Å². The van der Waals surface area contributed by atoms with E-state index in [0.29, 0.717) is 17.4 Å². The van der Waals surface area contributed by atoms with Crippen LogP contribution < -0.4 is 10.1 Å². The second-order valence-electron chi connectivity index (χ2n) is 4.66. The molecule has 1 amide bonds. The fraction of sp³-hybridized carbons (Fsp3) is 0.500. The van der Waals surface area contributed by atoms with Crippen molar-refractivity contribution in [1.82, 2.24) is 10.2 Å². The summed E-state index contributed by atoms with van der Waals surface area (Å²) < 4.78 is 6.01. The maximum Gasteiger partial charge on any atom is 0.255 e. The second kappa shape index (κ2) is 6.39. The number of hydrogen-bond donors (Lipinski definition) is 1. The van der Waals surface area contributed by atoms with Crippen LogP contribution in [0.3, 0.4) is 0 Å². The van der Waals surface area contributed by atoms with Crippen LogP contribution in [0.5, 0.6) is 5.75 Å². The van der Waals surface area contributed by atoms with Gasteiger partial charge in [0.1, 0.15) is 5.75 Å². The number of nitrogens with one attached hydrogen (secondary N) is 1. The van der Waals surface area contributed by atoms with Crippen LogP contribution in [-0.4, -0.2) is 43.6 Å². The molecule has 1 aromatic rings. The zero-order chi connectivity index (χ0) is 13.8. The number of methoxy groups -OCH3 is 1. The highest BCUT2D eigenvalue weighted by atomic mass is 79.9. The lowest BCUT2D eigenvalue weighted by Crippen LogP contribution is -2.59. The van der Waals surface area contributed by atoms with Crippen LogP contribution in [0.2, 0.25) is 0 Å². The molecule has 1 aliphatic heterocycles. The lowest BCUT2D eigenvalue weighted by atomic mass is 10.1. The van der Waals surface area contributed by atoms with Crippen molar-refractivity contribution in [2.24, 2.45) is 0 Å². The number of ether oxygens (including phenoxy) is 1. The van der Waals surface area contributed by atoms with Gasteiger partial charge >= 0.3 is 0 Å². The first-order chi connectivity index (χ1) is 9.17. The minimum atomic E-state index is 0.0686. The van der Waals surface area contributed by atoms with E-state index in [4.69, 9.17) is 4.74 Å². The van der Waals surface area contributed by atoms with Crippen LogP contribution in [0.1, 0.15) is 23.7 Å². The zero-order valence-electron chi connectivity index (χ0n) is 11.3. The van der Waals surface area contributed by atoms with E-state index in [1.165, 1.54) is 0 Å². The Morgan fingerprint density at radius 3 is 2.79 bits per heavy atom. The van der Waals surface area contributed by atoms with Crippen LogP contribution >= 0.6 is 15.9 Å². The summed E-state index contributed by atoms with van der Waals surface area (Å²) in [5.41, 5.74) is 0.666. The first-order valence-corrected chi connectivity index (χ1v) is 7.32. The minimum Gasteiger partial charge on any atom is -0.497 e. The lowest BCUT2D eigenvalue weighted by molar-refractivity contribution is 0.0614. The van der Waals surface area contributed by atoms with E-state index >= 15 is 0 Å². The summed E-state index contributed by atoms with van der Waals surface area (Å²) in [4.78, 5) is 14.6. The highest BCUT2D eigenvalue weighted by Crippen LogP contribution is 2.25. The Bertz CT molecular complexity index is 461. The average molecular weight is 327 g/mol. The Morgan fingerprint density at radius 2 is 2.26 bits per heavy atom. The Kier molecular flexibility index (Phi) is 4.82. The summed E-state index contributed by atoms with van der Waals surface area (Å²) in [6.07, 6.45) is 0.962. The van der Waals surface area contributed by atoms with Gasteiger partial charge in [-0.2, -0.15) is 0 Å². The number of carbonyl (C=O) groups is 1. The van der Waals surface area contributed by atoms with E-state index in [1.807, 2.05) is 17.0 Å². The summed E-state index contributed by atoms with van der Waals surface area (Å²) in [6.45, 7) is 4.64. The largest absolute Gasteiger partial charge is 0.497 e. The molecular formula is C14H19BrN2O2. The number of amides is 1. The van der Waals surface area contributed by atoms with E-state index in [0.717, 1.165) is 30.5 Å². The molecule has 0 unspecified atom stereocenters. The normalized spacial score (nSPS) is 14.9. The molecule has 0 bridgehead atoms. The Hall–Kier alpha value is -1.07. The number of carbonyl (C=O) groups excluding carboxylic acids is 1. The molecule has 0 saturated carbocycles. The quantitative estimate of drug-likeness (QED) is 0.902. The standard InChI is InChI=1S/C14H19BrN2O2/c1-3-6-17(10-8-16-9-10)14(18)12-7-11(19-2)4-5-13(12)15/h4-5,7,10,16H,3,6,8-9H2,1-2H3. The fourth-order valence-electron chi connectivity index (χ4n) is 2.13. The predicted octanol–water partition coefficient (Wildman–Crippen LogP) is 2.28. The summed E-state index contributed by atoms with van der Waals surface area (Å²) in [7, 11) is 1.61. The van der Waals surface area contributed by atoms with Gasteiger partial charge in [0.05, 0.1) is 18.7 Å². The molecule has 19 heavy (non-hydrogen) atoms. The molecule has 1 fully saturated rings. The Morgan fingerprint density at radius 1 is 1.53 bits per heavy atom. The first kappa shape index (κ1) is 14.3. The molecule has 0 aliphatic carbocycles. The SMILES string of the molecule is CCCN(C(=O)c1cc(OC)ccc1Br)C1CNC1. The third kappa shape index (κ3) is 3.09. The van der Waals surface area contributed by atoms with Crippen molar-refractivity contribution in [3.05, 3.63) is 28.2 Å². The van der Waals surface area contributed by atoms with E-state index in [2.05, 4.69) is 28.2 Å². The first-order valence-electron chi connectivity index (χ1n) is 6.52. The molecule has 1 N–H and O–H groups in total. The maximum atomic E-state index is 12.7. The number of halogens is 1. The maximum absolute atomic E-state index is 12.7. The minimum absolute atomic E-state index is 0.0686. The third-order valence-corrected chi connectivity index (χ3v) is 4.02. The highest BCUT2D eigenvalue weighted by Gasteiger charge is 2.29. The molecule has 0 atom stereocenters.